The third-order valence-electron chi connectivity index (χ3n) is 4.23. The van der Waals surface area contributed by atoms with E-state index in [0.717, 1.165) is 6.54 Å². The molecule has 0 saturated carbocycles. The summed E-state index contributed by atoms with van der Waals surface area (Å²) in [6.45, 7) is 12.0. The van der Waals surface area contributed by atoms with Gasteiger partial charge < -0.3 is 0 Å². The molecule has 0 atom stereocenters. The molecule has 2 rings (SSSR count). The Kier molecular flexibility index (Phi) is 4.24. The van der Waals surface area contributed by atoms with Gasteiger partial charge in [-0.05, 0) is 26.3 Å². The zero-order valence-electron chi connectivity index (χ0n) is 12.6. The predicted molar refractivity (Wildman–Crippen MR) is 83.6 cm³/mol. The van der Waals surface area contributed by atoms with Crippen LogP contribution in [0.25, 0.3) is 0 Å². The lowest BCUT2D eigenvalue weighted by Gasteiger charge is -2.14. The lowest BCUT2D eigenvalue weighted by molar-refractivity contribution is -0.438. The molecule has 0 unspecified atom stereocenters. The van der Waals surface area contributed by atoms with Crippen LogP contribution in [0.3, 0.4) is 0 Å². The molecule has 1 aliphatic rings. The highest BCUT2D eigenvalue weighted by molar-refractivity contribution is 6.02. The average molecular weight is 256 g/mol. The Balaban J connectivity index is 2.29. The third-order valence-corrected chi connectivity index (χ3v) is 4.23. The Morgan fingerprint density at radius 1 is 1.16 bits per heavy atom. The average Bonchev–Trinajstić information content (AvgIpc) is 2.63. The molecule has 1 heterocycles. The first-order valence-corrected chi connectivity index (χ1v) is 7.49. The summed E-state index contributed by atoms with van der Waals surface area (Å²) in [7, 11) is 0. The molecule has 0 spiro atoms. The van der Waals surface area contributed by atoms with Crippen LogP contribution in [0.15, 0.2) is 36.9 Å². The molecule has 102 valence electrons. The lowest BCUT2D eigenvalue weighted by Crippen LogP contribution is -2.27. The molecule has 0 saturated heterocycles. The van der Waals surface area contributed by atoms with Gasteiger partial charge in [0.05, 0.1) is 5.41 Å². The summed E-state index contributed by atoms with van der Waals surface area (Å²) in [6, 6.07) is 8.78. The minimum atomic E-state index is 0.0864. The summed E-state index contributed by atoms with van der Waals surface area (Å²) < 4.78 is 2.47. The number of nitrogens with zero attached hydrogens (tertiary/aromatic N) is 1. The highest BCUT2D eigenvalue weighted by Gasteiger charge is 2.43. The molecule has 1 heteroatoms. The van der Waals surface area contributed by atoms with Gasteiger partial charge >= 0.3 is 0 Å². The smallest absolute Gasteiger partial charge is 0.195 e. The van der Waals surface area contributed by atoms with Crippen LogP contribution in [-0.2, 0) is 5.41 Å². The molecule has 0 radical (unpaired) electrons. The molecule has 1 aromatic carbocycles. The Bertz CT molecular complexity index is 494. The maximum Gasteiger partial charge on any atom is 0.209 e. The lowest BCUT2D eigenvalue weighted by atomic mass is 9.82. The van der Waals surface area contributed by atoms with E-state index < -0.39 is 0 Å². The molecule has 0 amide bonds. The van der Waals surface area contributed by atoms with Crippen LogP contribution < -0.4 is 0 Å². The van der Waals surface area contributed by atoms with Crippen LogP contribution >= 0.6 is 0 Å². The number of rotatable bonds is 6. The monoisotopic (exact) mass is 256 g/mol. The summed E-state index contributed by atoms with van der Waals surface area (Å²) in [5, 5.41) is 0. The standard InChI is InChI=1S/C18H26N/c1-5-7-8-11-14-19-16-13-10-9-12-15(16)18(3,4)17(19)6-2/h6,9-10,12-13H,2,5,7-8,11,14H2,1,3-4H3/q+1. The number of hydrogen-bond acceptors (Lipinski definition) is 0. The topological polar surface area (TPSA) is 3.01 Å². The SMILES string of the molecule is C=CC1=[N+](CCCCCC)c2ccccc2C1(C)C. The molecule has 0 bridgehead atoms. The van der Waals surface area contributed by atoms with E-state index in [2.05, 4.69) is 56.2 Å². The molecule has 0 N–H and O–H groups in total. The zero-order chi connectivity index (χ0) is 13.9. The van der Waals surface area contributed by atoms with Crippen molar-refractivity contribution in [1.82, 2.24) is 0 Å². The number of hydrogen-bond donors (Lipinski definition) is 0. The zero-order valence-corrected chi connectivity index (χ0v) is 12.6. The van der Waals surface area contributed by atoms with Crippen molar-refractivity contribution in [2.24, 2.45) is 0 Å². The second-order valence-electron chi connectivity index (χ2n) is 5.94. The fourth-order valence-corrected chi connectivity index (χ4v) is 3.15. The molecule has 0 fully saturated rings. The van der Waals surface area contributed by atoms with Crippen molar-refractivity contribution in [3.8, 4) is 0 Å². The van der Waals surface area contributed by atoms with E-state index in [0.29, 0.717) is 0 Å². The summed E-state index contributed by atoms with van der Waals surface area (Å²) in [5.41, 5.74) is 4.24. The van der Waals surface area contributed by atoms with Gasteiger partial charge in [0.25, 0.3) is 0 Å². The van der Waals surface area contributed by atoms with Crippen LogP contribution in [0.4, 0.5) is 5.69 Å². The van der Waals surface area contributed by atoms with Crippen LogP contribution in [-0.4, -0.2) is 16.8 Å². The highest BCUT2D eigenvalue weighted by Crippen LogP contribution is 2.39. The van der Waals surface area contributed by atoms with Gasteiger partial charge in [0.2, 0.25) is 5.69 Å². The van der Waals surface area contributed by atoms with Crippen molar-refractivity contribution in [3.63, 3.8) is 0 Å². The van der Waals surface area contributed by atoms with Gasteiger partial charge in [-0.2, -0.15) is 4.58 Å². The number of unbranched alkanes of at least 4 members (excludes halogenated alkanes) is 3. The maximum absolute atomic E-state index is 4.04. The number of allylic oxidation sites excluding steroid dienone is 1. The summed E-state index contributed by atoms with van der Waals surface area (Å²) in [4.78, 5) is 0. The third kappa shape index (κ3) is 2.51. The van der Waals surface area contributed by atoms with Gasteiger partial charge in [-0.1, -0.05) is 44.5 Å². The summed E-state index contributed by atoms with van der Waals surface area (Å²) in [6.07, 6.45) is 7.25. The van der Waals surface area contributed by atoms with Crippen LogP contribution in [0.2, 0.25) is 0 Å². The fourth-order valence-electron chi connectivity index (χ4n) is 3.15. The molecular formula is C18H26N+. The second kappa shape index (κ2) is 5.73. The number of para-hydroxylation sites is 1. The summed E-state index contributed by atoms with van der Waals surface area (Å²) in [5.74, 6) is 0. The quantitative estimate of drug-likeness (QED) is 0.506. The van der Waals surface area contributed by atoms with E-state index in [4.69, 9.17) is 0 Å². The van der Waals surface area contributed by atoms with Crippen molar-refractivity contribution < 1.29 is 4.58 Å². The van der Waals surface area contributed by atoms with Gasteiger partial charge in [0.15, 0.2) is 5.71 Å². The van der Waals surface area contributed by atoms with E-state index in [1.807, 2.05) is 6.08 Å². The molecule has 1 nitrogen and oxygen atoms in total. The minimum absolute atomic E-state index is 0.0864. The van der Waals surface area contributed by atoms with Crippen molar-refractivity contribution in [2.45, 2.75) is 51.9 Å². The number of fused-ring (bicyclic) bond motifs is 1. The Morgan fingerprint density at radius 3 is 2.58 bits per heavy atom. The van der Waals surface area contributed by atoms with Crippen LogP contribution in [0.5, 0.6) is 0 Å². The first-order chi connectivity index (χ1) is 9.12. The molecule has 0 aromatic heterocycles. The molecule has 19 heavy (non-hydrogen) atoms. The number of benzene rings is 1. The first kappa shape index (κ1) is 14.0. The van der Waals surface area contributed by atoms with E-state index >= 15 is 0 Å². The summed E-state index contributed by atoms with van der Waals surface area (Å²) >= 11 is 0. The van der Waals surface area contributed by atoms with Crippen molar-refractivity contribution in [2.75, 3.05) is 6.54 Å². The second-order valence-corrected chi connectivity index (χ2v) is 5.94. The first-order valence-electron chi connectivity index (χ1n) is 7.49. The Labute approximate surface area is 117 Å². The van der Waals surface area contributed by atoms with Gasteiger partial charge in [0, 0.05) is 18.1 Å². The van der Waals surface area contributed by atoms with E-state index in [9.17, 15) is 0 Å². The molecule has 1 aromatic rings. The minimum Gasteiger partial charge on any atom is -0.195 e. The highest BCUT2D eigenvalue weighted by atomic mass is 15.1. The molecule has 1 aliphatic heterocycles. The molecule has 0 aliphatic carbocycles. The largest absolute Gasteiger partial charge is 0.209 e. The van der Waals surface area contributed by atoms with Crippen molar-refractivity contribution in [3.05, 3.63) is 42.5 Å². The van der Waals surface area contributed by atoms with Crippen LogP contribution in [0.1, 0.15) is 52.0 Å². The molecular weight excluding hydrogens is 230 g/mol. The van der Waals surface area contributed by atoms with Gasteiger partial charge in [-0.15, -0.1) is 0 Å². The normalized spacial score (nSPS) is 16.6. The predicted octanol–water partition coefficient (Wildman–Crippen LogP) is 4.83. The van der Waals surface area contributed by atoms with E-state index in [1.54, 1.807) is 0 Å². The van der Waals surface area contributed by atoms with Gasteiger partial charge in [0.1, 0.15) is 6.54 Å². The van der Waals surface area contributed by atoms with E-state index in [-0.39, 0.29) is 5.41 Å². The van der Waals surface area contributed by atoms with Crippen molar-refractivity contribution in [1.29, 1.82) is 0 Å². The Hall–Kier alpha value is -1.37. The Morgan fingerprint density at radius 2 is 1.89 bits per heavy atom. The maximum atomic E-state index is 4.04. The van der Waals surface area contributed by atoms with Gasteiger partial charge in [-0.3, -0.25) is 0 Å². The van der Waals surface area contributed by atoms with Crippen LogP contribution in [0, 0.1) is 0 Å². The van der Waals surface area contributed by atoms with E-state index in [1.165, 1.54) is 42.6 Å². The van der Waals surface area contributed by atoms with Gasteiger partial charge in [-0.25, -0.2) is 0 Å². The van der Waals surface area contributed by atoms with Crippen molar-refractivity contribution >= 4 is 11.4 Å². The fraction of sp³-hybridized carbons (Fsp3) is 0.500.